The molecule has 0 saturated heterocycles. The summed E-state index contributed by atoms with van der Waals surface area (Å²) in [6, 6.07) is 10.0. The molecule has 0 fully saturated rings. The molecule has 0 atom stereocenters. The molecule has 19 heavy (non-hydrogen) atoms. The first kappa shape index (κ1) is 15.5. The topological polar surface area (TPSA) is 26.3 Å². The van der Waals surface area contributed by atoms with Crippen molar-refractivity contribution < 1.29 is 9.53 Å². The van der Waals surface area contributed by atoms with E-state index in [9.17, 15) is 4.79 Å². The molecule has 0 aromatic heterocycles. The average Bonchev–Trinajstić information content (AvgIpc) is 2.40. The van der Waals surface area contributed by atoms with Crippen LogP contribution in [0.3, 0.4) is 0 Å². The average molecular weight is 260 g/mol. The summed E-state index contributed by atoms with van der Waals surface area (Å²) in [4.78, 5) is 12.0. The molecule has 0 heterocycles. The van der Waals surface area contributed by atoms with Gasteiger partial charge in [0.15, 0.2) is 0 Å². The zero-order chi connectivity index (χ0) is 14.3. The highest BCUT2D eigenvalue weighted by Gasteiger charge is 2.34. The monoisotopic (exact) mass is 260 g/mol. The highest BCUT2D eigenvalue weighted by Crippen LogP contribution is 2.36. The predicted molar refractivity (Wildman–Crippen MR) is 78.8 cm³/mol. The molecule has 1 aromatic carbocycles. The van der Waals surface area contributed by atoms with Crippen molar-refractivity contribution in [2.24, 2.45) is 0 Å². The Kier molecular flexibility index (Phi) is 5.81. The Morgan fingerprint density at radius 3 is 2.11 bits per heavy atom. The molecule has 1 rings (SSSR count). The molecule has 0 radical (unpaired) electrons. The van der Waals surface area contributed by atoms with Crippen molar-refractivity contribution in [1.29, 1.82) is 0 Å². The largest absolute Gasteiger partial charge is 0.451 e. The molecule has 0 N–H and O–H groups in total. The molecule has 0 unspecified atom stereocenters. The molecule has 0 amide bonds. The van der Waals surface area contributed by atoms with Crippen LogP contribution in [-0.2, 0) is 15.1 Å². The summed E-state index contributed by atoms with van der Waals surface area (Å²) in [5, 5.41) is 0. The van der Waals surface area contributed by atoms with Crippen molar-refractivity contribution in [3.8, 4) is 0 Å². The maximum absolute atomic E-state index is 12.0. The van der Waals surface area contributed by atoms with Crippen molar-refractivity contribution in [3.63, 3.8) is 0 Å². The lowest BCUT2D eigenvalue weighted by Gasteiger charge is -2.34. The first-order valence-corrected chi connectivity index (χ1v) is 7.00. The van der Waals surface area contributed by atoms with Crippen molar-refractivity contribution >= 4 is 5.97 Å². The molecular formula is C17H24O2. The van der Waals surface area contributed by atoms with Gasteiger partial charge in [-0.2, -0.15) is 0 Å². The van der Waals surface area contributed by atoms with Gasteiger partial charge in [-0.15, -0.1) is 0 Å². The van der Waals surface area contributed by atoms with Crippen LogP contribution >= 0.6 is 0 Å². The Hall–Kier alpha value is -1.57. The molecule has 1 aromatic rings. The van der Waals surface area contributed by atoms with Crippen LogP contribution in [0.1, 0.15) is 52.0 Å². The fourth-order valence-electron chi connectivity index (χ4n) is 2.39. The van der Waals surface area contributed by atoms with E-state index < -0.39 is 5.60 Å². The van der Waals surface area contributed by atoms with Gasteiger partial charge in [0.05, 0.1) is 0 Å². The molecule has 2 heteroatoms. The van der Waals surface area contributed by atoms with Crippen LogP contribution in [0, 0.1) is 0 Å². The van der Waals surface area contributed by atoms with E-state index in [4.69, 9.17) is 4.74 Å². The minimum Gasteiger partial charge on any atom is -0.451 e. The minimum absolute atomic E-state index is 0.300. The van der Waals surface area contributed by atoms with E-state index in [1.54, 1.807) is 6.92 Å². The van der Waals surface area contributed by atoms with Gasteiger partial charge in [-0.1, -0.05) is 63.6 Å². The second kappa shape index (κ2) is 7.13. The van der Waals surface area contributed by atoms with Crippen molar-refractivity contribution in [2.45, 2.75) is 52.1 Å². The zero-order valence-corrected chi connectivity index (χ0v) is 12.2. The van der Waals surface area contributed by atoms with Gasteiger partial charge in [0.1, 0.15) is 5.60 Å². The van der Waals surface area contributed by atoms with E-state index in [2.05, 4.69) is 20.4 Å². The van der Waals surface area contributed by atoms with Gasteiger partial charge >= 0.3 is 5.97 Å². The summed E-state index contributed by atoms with van der Waals surface area (Å²) in [6.07, 6.45) is 3.62. The van der Waals surface area contributed by atoms with E-state index in [1.165, 1.54) is 0 Å². The third-order valence-corrected chi connectivity index (χ3v) is 3.24. The van der Waals surface area contributed by atoms with Gasteiger partial charge < -0.3 is 4.74 Å². The molecule has 0 aliphatic rings. The fraction of sp³-hybridized carbons (Fsp3) is 0.471. The van der Waals surface area contributed by atoms with Crippen molar-refractivity contribution in [1.82, 2.24) is 0 Å². The quantitative estimate of drug-likeness (QED) is 0.529. The van der Waals surface area contributed by atoms with Crippen molar-refractivity contribution in [2.75, 3.05) is 0 Å². The smallest absolute Gasteiger partial charge is 0.333 e. The Bertz CT molecular complexity index is 414. The molecule has 0 aliphatic heterocycles. The predicted octanol–water partition coefficient (Wildman–Crippen LogP) is 4.60. The van der Waals surface area contributed by atoms with Gasteiger partial charge in [-0.25, -0.2) is 4.79 Å². The minimum atomic E-state index is -0.513. The summed E-state index contributed by atoms with van der Waals surface area (Å²) >= 11 is 0. The van der Waals surface area contributed by atoms with Crippen LogP contribution in [0.4, 0.5) is 0 Å². The lowest BCUT2D eigenvalue weighted by molar-refractivity contribution is -0.158. The number of hydrogen-bond acceptors (Lipinski definition) is 2. The number of carbonyl (C=O) groups excluding carboxylic acids is 1. The summed E-state index contributed by atoms with van der Waals surface area (Å²) in [5.74, 6) is -0.300. The van der Waals surface area contributed by atoms with Crippen LogP contribution in [0.5, 0.6) is 0 Å². The maximum Gasteiger partial charge on any atom is 0.333 e. The normalized spacial score (nSPS) is 11.1. The number of esters is 1. The summed E-state index contributed by atoms with van der Waals surface area (Å²) in [6.45, 7) is 9.60. The molecule has 104 valence electrons. The Morgan fingerprint density at radius 1 is 1.16 bits per heavy atom. The number of rotatable bonds is 7. The summed E-state index contributed by atoms with van der Waals surface area (Å²) in [5.41, 5.74) is 1.02. The summed E-state index contributed by atoms with van der Waals surface area (Å²) < 4.78 is 5.83. The van der Waals surface area contributed by atoms with E-state index in [-0.39, 0.29) is 5.97 Å². The summed E-state index contributed by atoms with van der Waals surface area (Å²) in [7, 11) is 0. The lowest BCUT2D eigenvalue weighted by Crippen LogP contribution is -2.32. The van der Waals surface area contributed by atoms with Gasteiger partial charge in [-0.05, 0) is 25.3 Å². The molecular weight excluding hydrogens is 236 g/mol. The van der Waals surface area contributed by atoms with Gasteiger partial charge in [-0.3, -0.25) is 0 Å². The van der Waals surface area contributed by atoms with Gasteiger partial charge in [0.25, 0.3) is 0 Å². The Balaban J connectivity index is 3.13. The van der Waals surface area contributed by atoms with E-state index in [0.29, 0.717) is 5.57 Å². The van der Waals surface area contributed by atoms with E-state index in [0.717, 1.165) is 31.2 Å². The first-order chi connectivity index (χ1) is 9.05. The number of hydrogen-bond donors (Lipinski definition) is 0. The molecule has 0 saturated carbocycles. The SMILES string of the molecule is C=C(C)C(=O)OC(CCC)(CCC)c1ccccc1. The lowest BCUT2D eigenvalue weighted by atomic mass is 9.85. The van der Waals surface area contributed by atoms with Gasteiger partial charge in [0, 0.05) is 5.57 Å². The van der Waals surface area contributed by atoms with Crippen LogP contribution in [0.15, 0.2) is 42.5 Å². The van der Waals surface area contributed by atoms with Crippen LogP contribution in [-0.4, -0.2) is 5.97 Å². The molecule has 2 nitrogen and oxygen atoms in total. The van der Waals surface area contributed by atoms with Crippen molar-refractivity contribution in [3.05, 3.63) is 48.0 Å². The maximum atomic E-state index is 12.0. The first-order valence-electron chi connectivity index (χ1n) is 7.00. The zero-order valence-electron chi connectivity index (χ0n) is 12.2. The third-order valence-electron chi connectivity index (χ3n) is 3.24. The van der Waals surface area contributed by atoms with E-state index >= 15 is 0 Å². The highest BCUT2D eigenvalue weighted by atomic mass is 16.6. The molecule has 0 bridgehead atoms. The van der Waals surface area contributed by atoms with Crippen LogP contribution < -0.4 is 0 Å². The second-order valence-corrected chi connectivity index (χ2v) is 5.03. The fourth-order valence-corrected chi connectivity index (χ4v) is 2.39. The Labute approximate surface area is 116 Å². The standard InChI is InChI=1S/C17H24O2/c1-5-12-17(13-6-2,19-16(18)14(3)4)15-10-8-7-9-11-15/h7-11H,3,5-6,12-13H2,1-2,4H3. The highest BCUT2D eigenvalue weighted by molar-refractivity contribution is 5.87. The number of ether oxygens (including phenoxy) is 1. The molecule has 0 spiro atoms. The van der Waals surface area contributed by atoms with Crippen LogP contribution in [0.2, 0.25) is 0 Å². The number of benzene rings is 1. The Morgan fingerprint density at radius 2 is 1.68 bits per heavy atom. The van der Waals surface area contributed by atoms with E-state index in [1.807, 2.05) is 30.3 Å². The van der Waals surface area contributed by atoms with Gasteiger partial charge in [0.2, 0.25) is 0 Å². The number of carbonyl (C=O) groups is 1. The van der Waals surface area contributed by atoms with Crippen LogP contribution in [0.25, 0.3) is 0 Å². The third kappa shape index (κ3) is 3.95. The molecule has 0 aliphatic carbocycles. The second-order valence-electron chi connectivity index (χ2n) is 5.03.